The fraction of sp³-hybridized carbons (Fsp3) is 0.571. The van der Waals surface area contributed by atoms with E-state index in [-0.39, 0.29) is 0 Å². The van der Waals surface area contributed by atoms with Gasteiger partial charge in [-0.2, -0.15) is 0 Å². The number of rotatable bonds is 3. The number of para-hydroxylation sites is 1. The molecule has 0 unspecified atom stereocenters. The smallest absolute Gasteiger partial charge is 0.123 e. The molecule has 0 radical (unpaired) electrons. The van der Waals surface area contributed by atoms with E-state index < -0.39 is 0 Å². The van der Waals surface area contributed by atoms with E-state index in [4.69, 9.17) is 4.74 Å². The van der Waals surface area contributed by atoms with Crippen LogP contribution in [0.3, 0.4) is 0 Å². The maximum Gasteiger partial charge on any atom is 0.123 e. The van der Waals surface area contributed by atoms with Crippen molar-refractivity contribution < 1.29 is 4.74 Å². The lowest BCUT2D eigenvalue weighted by Crippen LogP contribution is -2.33. The number of hydrogen-bond acceptors (Lipinski definition) is 3. The lowest BCUT2D eigenvalue weighted by molar-refractivity contribution is 0.241. The van der Waals surface area contributed by atoms with Crippen LogP contribution in [0.25, 0.3) is 0 Å². The van der Waals surface area contributed by atoms with Crippen molar-refractivity contribution in [3.63, 3.8) is 0 Å². The Morgan fingerprint density at radius 3 is 2.59 bits per heavy atom. The molecule has 0 bridgehead atoms. The van der Waals surface area contributed by atoms with Crippen LogP contribution < -0.4 is 10.1 Å². The lowest BCUT2D eigenvalue weighted by Gasteiger charge is -2.25. The second-order valence-electron chi connectivity index (χ2n) is 4.55. The van der Waals surface area contributed by atoms with Crippen LogP contribution in [0.15, 0.2) is 24.3 Å². The van der Waals surface area contributed by atoms with E-state index in [1.165, 1.54) is 31.5 Å². The molecule has 2 rings (SSSR count). The zero-order valence-electron chi connectivity index (χ0n) is 10.6. The van der Waals surface area contributed by atoms with Crippen LogP contribution in [-0.4, -0.2) is 38.2 Å². The zero-order chi connectivity index (χ0) is 11.9. The number of benzene rings is 1. The van der Waals surface area contributed by atoms with Gasteiger partial charge in [0.2, 0.25) is 0 Å². The molecule has 0 atom stereocenters. The van der Waals surface area contributed by atoms with E-state index in [0.29, 0.717) is 0 Å². The third-order valence-electron chi connectivity index (χ3n) is 3.24. The molecule has 1 fully saturated rings. The molecule has 0 aliphatic carbocycles. The van der Waals surface area contributed by atoms with Gasteiger partial charge in [-0.25, -0.2) is 0 Å². The molecule has 1 heterocycles. The van der Waals surface area contributed by atoms with Crippen LogP contribution in [0.5, 0.6) is 5.75 Å². The summed E-state index contributed by atoms with van der Waals surface area (Å²) in [6.07, 6.45) is 2.46. The van der Waals surface area contributed by atoms with E-state index in [9.17, 15) is 0 Å². The summed E-state index contributed by atoms with van der Waals surface area (Å²) in [5.41, 5.74) is 1.29. The highest BCUT2D eigenvalue weighted by atomic mass is 16.5. The monoisotopic (exact) mass is 234 g/mol. The molecule has 1 N–H and O–H groups in total. The Bertz CT molecular complexity index is 333. The fourth-order valence-electron chi connectivity index (χ4n) is 2.32. The highest BCUT2D eigenvalue weighted by Crippen LogP contribution is 2.19. The van der Waals surface area contributed by atoms with Crippen molar-refractivity contribution in [3.8, 4) is 5.75 Å². The van der Waals surface area contributed by atoms with Crippen LogP contribution in [0.1, 0.15) is 18.4 Å². The first-order valence-corrected chi connectivity index (χ1v) is 6.45. The van der Waals surface area contributed by atoms with Gasteiger partial charge in [-0.1, -0.05) is 18.2 Å². The molecule has 1 aromatic rings. The highest BCUT2D eigenvalue weighted by molar-refractivity contribution is 5.33. The molecule has 3 heteroatoms. The van der Waals surface area contributed by atoms with Crippen LogP contribution in [-0.2, 0) is 6.54 Å². The fourth-order valence-corrected chi connectivity index (χ4v) is 2.32. The molecule has 0 saturated carbocycles. The van der Waals surface area contributed by atoms with E-state index in [0.717, 1.165) is 25.4 Å². The summed E-state index contributed by atoms with van der Waals surface area (Å²) in [7, 11) is 1.75. The number of methoxy groups -OCH3 is 1. The Morgan fingerprint density at radius 2 is 1.88 bits per heavy atom. The van der Waals surface area contributed by atoms with Crippen molar-refractivity contribution in [1.82, 2.24) is 10.2 Å². The van der Waals surface area contributed by atoms with Gasteiger partial charge in [0.1, 0.15) is 5.75 Å². The number of nitrogens with one attached hydrogen (secondary N) is 1. The molecule has 0 aromatic heterocycles. The van der Waals surface area contributed by atoms with Gasteiger partial charge in [-0.05, 0) is 45.1 Å². The Kier molecular flexibility index (Phi) is 4.83. The minimum absolute atomic E-state index is 1.00. The predicted octanol–water partition coefficient (Wildman–Crippen LogP) is 1.88. The zero-order valence-corrected chi connectivity index (χ0v) is 10.6. The maximum absolute atomic E-state index is 5.40. The summed E-state index contributed by atoms with van der Waals surface area (Å²) in [4.78, 5) is 2.53. The minimum Gasteiger partial charge on any atom is -0.496 e. The van der Waals surface area contributed by atoms with Gasteiger partial charge in [0, 0.05) is 12.1 Å². The van der Waals surface area contributed by atoms with Gasteiger partial charge in [0.15, 0.2) is 0 Å². The van der Waals surface area contributed by atoms with Gasteiger partial charge in [0.25, 0.3) is 0 Å². The molecule has 0 amide bonds. The van der Waals surface area contributed by atoms with Crippen molar-refractivity contribution in [1.29, 1.82) is 0 Å². The average molecular weight is 234 g/mol. The first-order chi connectivity index (χ1) is 8.40. The number of ether oxygens (including phenoxy) is 1. The molecule has 94 valence electrons. The minimum atomic E-state index is 1.00. The van der Waals surface area contributed by atoms with Crippen molar-refractivity contribution in [2.45, 2.75) is 19.4 Å². The molecular weight excluding hydrogens is 212 g/mol. The molecule has 17 heavy (non-hydrogen) atoms. The second-order valence-corrected chi connectivity index (χ2v) is 4.55. The first-order valence-electron chi connectivity index (χ1n) is 6.45. The van der Waals surface area contributed by atoms with E-state index >= 15 is 0 Å². The quantitative estimate of drug-likeness (QED) is 0.864. The van der Waals surface area contributed by atoms with Crippen LogP contribution in [0.2, 0.25) is 0 Å². The summed E-state index contributed by atoms with van der Waals surface area (Å²) in [5.74, 6) is 1.01. The summed E-state index contributed by atoms with van der Waals surface area (Å²) >= 11 is 0. The van der Waals surface area contributed by atoms with E-state index in [2.05, 4.69) is 22.3 Å². The third kappa shape index (κ3) is 3.72. The van der Waals surface area contributed by atoms with E-state index in [1.54, 1.807) is 7.11 Å². The first kappa shape index (κ1) is 12.4. The topological polar surface area (TPSA) is 24.5 Å². The molecule has 1 aliphatic rings. The van der Waals surface area contributed by atoms with Crippen LogP contribution in [0, 0.1) is 0 Å². The van der Waals surface area contributed by atoms with Gasteiger partial charge in [0.05, 0.1) is 7.11 Å². The predicted molar refractivity (Wildman–Crippen MR) is 70.4 cm³/mol. The maximum atomic E-state index is 5.40. The standard InChI is InChI=1S/C14H22N2O/c1-17-14-7-3-2-6-13(14)12-16-10-4-8-15-9-5-11-16/h2-3,6-7,15H,4-5,8-12H2,1H3. The van der Waals surface area contributed by atoms with Crippen LogP contribution in [0.4, 0.5) is 0 Å². The molecular formula is C14H22N2O. The average Bonchev–Trinajstić information content (AvgIpc) is 2.33. The summed E-state index contributed by atoms with van der Waals surface area (Å²) in [5, 5.41) is 3.44. The van der Waals surface area contributed by atoms with Gasteiger partial charge >= 0.3 is 0 Å². The molecule has 0 spiro atoms. The van der Waals surface area contributed by atoms with Crippen molar-refractivity contribution in [2.24, 2.45) is 0 Å². The lowest BCUT2D eigenvalue weighted by atomic mass is 10.1. The summed E-state index contributed by atoms with van der Waals surface area (Å²) in [6, 6.07) is 8.32. The van der Waals surface area contributed by atoms with Gasteiger partial charge in [-0.3, -0.25) is 4.90 Å². The number of nitrogens with zero attached hydrogens (tertiary/aromatic N) is 1. The van der Waals surface area contributed by atoms with Gasteiger partial charge < -0.3 is 10.1 Å². The summed E-state index contributed by atoms with van der Waals surface area (Å²) in [6.45, 7) is 5.63. The van der Waals surface area contributed by atoms with Crippen molar-refractivity contribution >= 4 is 0 Å². The van der Waals surface area contributed by atoms with Crippen molar-refractivity contribution in [2.75, 3.05) is 33.3 Å². The molecule has 3 nitrogen and oxygen atoms in total. The highest BCUT2D eigenvalue weighted by Gasteiger charge is 2.10. The summed E-state index contributed by atoms with van der Waals surface area (Å²) < 4.78 is 5.40. The Balaban J connectivity index is 1.97. The SMILES string of the molecule is COc1ccccc1CN1CCCNCCC1. The second kappa shape index (κ2) is 6.62. The Hall–Kier alpha value is -1.06. The third-order valence-corrected chi connectivity index (χ3v) is 3.24. The van der Waals surface area contributed by atoms with Gasteiger partial charge in [-0.15, -0.1) is 0 Å². The van der Waals surface area contributed by atoms with Crippen molar-refractivity contribution in [3.05, 3.63) is 29.8 Å². The van der Waals surface area contributed by atoms with E-state index in [1.807, 2.05) is 12.1 Å². The Labute approximate surface area is 104 Å². The Morgan fingerprint density at radius 1 is 1.18 bits per heavy atom. The normalized spacial score (nSPS) is 18.4. The molecule has 1 aliphatic heterocycles. The number of hydrogen-bond donors (Lipinski definition) is 1. The largest absolute Gasteiger partial charge is 0.496 e. The van der Waals surface area contributed by atoms with Crippen LogP contribution >= 0.6 is 0 Å². The molecule has 1 aromatic carbocycles. The molecule has 1 saturated heterocycles.